The SMILES string of the molecule is COc1ccc2c(c1)C(NCCNC(=O)C(C)C)CCO2. The molecule has 5 nitrogen and oxygen atoms in total. The van der Waals surface area contributed by atoms with Crippen LogP contribution in [0, 0.1) is 5.92 Å². The first-order valence-electron chi connectivity index (χ1n) is 7.43. The van der Waals surface area contributed by atoms with Crippen molar-refractivity contribution in [2.75, 3.05) is 26.8 Å². The van der Waals surface area contributed by atoms with Crippen LogP contribution in [-0.2, 0) is 4.79 Å². The molecule has 1 aromatic rings. The number of ether oxygens (including phenoxy) is 2. The largest absolute Gasteiger partial charge is 0.497 e. The Bertz CT molecular complexity index is 488. The van der Waals surface area contributed by atoms with Crippen LogP contribution in [0.1, 0.15) is 31.9 Å². The molecule has 0 bridgehead atoms. The number of rotatable bonds is 6. The molecule has 0 saturated carbocycles. The lowest BCUT2D eigenvalue weighted by atomic mass is 10.00. The summed E-state index contributed by atoms with van der Waals surface area (Å²) in [7, 11) is 1.66. The quantitative estimate of drug-likeness (QED) is 0.786. The molecule has 116 valence electrons. The lowest BCUT2D eigenvalue weighted by Crippen LogP contribution is -2.36. The lowest BCUT2D eigenvalue weighted by molar-refractivity contribution is -0.123. The van der Waals surface area contributed by atoms with Crippen molar-refractivity contribution in [3.05, 3.63) is 23.8 Å². The van der Waals surface area contributed by atoms with Crippen molar-refractivity contribution in [2.24, 2.45) is 5.92 Å². The number of hydrogen-bond acceptors (Lipinski definition) is 4. The molecule has 0 spiro atoms. The molecule has 0 aliphatic carbocycles. The first-order chi connectivity index (χ1) is 10.1. The number of nitrogens with one attached hydrogen (secondary N) is 2. The highest BCUT2D eigenvalue weighted by atomic mass is 16.5. The number of amides is 1. The summed E-state index contributed by atoms with van der Waals surface area (Å²) in [5, 5.41) is 6.38. The first kappa shape index (κ1) is 15.6. The average molecular weight is 292 g/mol. The van der Waals surface area contributed by atoms with Crippen molar-refractivity contribution in [1.82, 2.24) is 10.6 Å². The molecular weight excluding hydrogens is 268 g/mol. The summed E-state index contributed by atoms with van der Waals surface area (Å²) in [6, 6.07) is 6.10. The zero-order valence-corrected chi connectivity index (χ0v) is 12.9. The molecule has 5 heteroatoms. The number of carbonyl (C=O) groups excluding carboxylic acids is 1. The van der Waals surface area contributed by atoms with Gasteiger partial charge in [-0.2, -0.15) is 0 Å². The van der Waals surface area contributed by atoms with Crippen molar-refractivity contribution in [3.8, 4) is 11.5 Å². The van der Waals surface area contributed by atoms with E-state index in [9.17, 15) is 4.79 Å². The Morgan fingerprint density at radius 3 is 2.95 bits per heavy atom. The van der Waals surface area contributed by atoms with E-state index in [-0.39, 0.29) is 17.9 Å². The highest BCUT2D eigenvalue weighted by molar-refractivity contribution is 5.77. The summed E-state index contributed by atoms with van der Waals surface area (Å²) < 4.78 is 10.9. The topological polar surface area (TPSA) is 59.6 Å². The van der Waals surface area contributed by atoms with Gasteiger partial charge in [0.1, 0.15) is 11.5 Å². The highest BCUT2D eigenvalue weighted by Gasteiger charge is 2.21. The lowest BCUT2D eigenvalue weighted by Gasteiger charge is -2.27. The minimum Gasteiger partial charge on any atom is -0.497 e. The molecule has 21 heavy (non-hydrogen) atoms. The smallest absolute Gasteiger partial charge is 0.222 e. The summed E-state index contributed by atoms with van der Waals surface area (Å²) in [6.07, 6.45) is 0.915. The van der Waals surface area contributed by atoms with Gasteiger partial charge in [0.15, 0.2) is 0 Å². The molecule has 0 fully saturated rings. The standard InChI is InChI=1S/C16H24N2O3/c1-11(2)16(19)18-8-7-17-14-6-9-21-15-5-4-12(20-3)10-13(14)15/h4-5,10-11,14,17H,6-9H2,1-3H3,(H,18,19). The van der Waals surface area contributed by atoms with Crippen LogP contribution in [0.2, 0.25) is 0 Å². The monoisotopic (exact) mass is 292 g/mol. The Balaban J connectivity index is 1.89. The van der Waals surface area contributed by atoms with Crippen LogP contribution in [0.15, 0.2) is 18.2 Å². The fourth-order valence-corrected chi connectivity index (χ4v) is 2.35. The molecule has 0 radical (unpaired) electrons. The van der Waals surface area contributed by atoms with E-state index in [1.54, 1.807) is 7.11 Å². The van der Waals surface area contributed by atoms with Crippen LogP contribution in [0.3, 0.4) is 0 Å². The zero-order valence-electron chi connectivity index (χ0n) is 12.9. The van der Waals surface area contributed by atoms with E-state index in [0.29, 0.717) is 13.2 Å². The van der Waals surface area contributed by atoms with Gasteiger partial charge in [0.25, 0.3) is 0 Å². The molecule has 1 atom stereocenters. The van der Waals surface area contributed by atoms with Gasteiger partial charge in [-0.1, -0.05) is 13.8 Å². The van der Waals surface area contributed by atoms with Crippen LogP contribution >= 0.6 is 0 Å². The number of benzene rings is 1. The van der Waals surface area contributed by atoms with Gasteiger partial charge >= 0.3 is 0 Å². The normalized spacial score (nSPS) is 17.0. The van der Waals surface area contributed by atoms with Crippen molar-refractivity contribution >= 4 is 5.91 Å². The van der Waals surface area contributed by atoms with Gasteiger partial charge in [0.05, 0.1) is 13.7 Å². The molecule has 0 aromatic heterocycles. The fourth-order valence-electron chi connectivity index (χ4n) is 2.35. The number of methoxy groups -OCH3 is 1. The van der Waals surface area contributed by atoms with Gasteiger partial charge in [-0.3, -0.25) is 4.79 Å². The number of carbonyl (C=O) groups is 1. The second-order valence-electron chi connectivity index (χ2n) is 5.49. The van der Waals surface area contributed by atoms with Crippen molar-refractivity contribution in [3.63, 3.8) is 0 Å². The second kappa shape index (κ2) is 7.31. The Morgan fingerprint density at radius 2 is 2.24 bits per heavy atom. The zero-order chi connectivity index (χ0) is 15.2. The van der Waals surface area contributed by atoms with Gasteiger partial charge in [-0.05, 0) is 18.2 Å². The van der Waals surface area contributed by atoms with E-state index in [4.69, 9.17) is 9.47 Å². The maximum atomic E-state index is 11.5. The third kappa shape index (κ3) is 4.11. The molecule has 1 heterocycles. The van der Waals surface area contributed by atoms with Gasteiger partial charge in [-0.25, -0.2) is 0 Å². The molecule has 0 saturated heterocycles. The van der Waals surface area contributed by atoms with Gasteiger partial charge in [-0.15, -0.1) is 0 Å². The third-order valence-electron chi connectivity index (χ3n) is 3.60. The van der Waals surface area contributed by atoms with Crippen molar-refractivity contribution in [1.29, 1.82) is 0 Å². The summed E-state index contributed by atoms with van der Waals surface area (Å²) in [5.74, 6) is 1.86. The Morgan fingerprint density at radius 1 is 1.43 bits per heavy atom. The van der Waals surface area contributed by atoms with E-state index in [1.165, 1.54) is 0 Å². The van der Waals surface area contributed by atoms with E-state index >= 15 is 0 Å². The van der Waals surface area contributed by atoms with Crippen molar-refractivity contribution < 1.29 is 14.3 Å². The van der Waals surface area contributed by atoms with Crippen LogP contribution in [-0.4, -0.2) is 32.7 Å². The van der Waals surface area contributed by atoms with Crippen molar-refractivity contribution in [2.45, 2.75) is 26.3 Å². The Labute approximate surface area is 126 Å². The minimum atomic E-state index is 0.0260. The fraction of sp³-hybridized carbons (Fsp3) is 0.562. The Hall–Kier alpha value is -1.75. The molecule has 2 N–H and O–H groups in total. The molecule has 1 unspecified atom stereocenters. The average Bonchev–Trinajstić information content (AvgIpc) is 2.50. The van der Waals surface area contributed by atoms with E-state index < -0.39 is 0 Å². The third-order valence-corrected chi connectivity index (χ3v) is 3.60. The first-order valence-corrected chi connectivity index (χ1v) is 7.43. The molecule has 1 aromatic carbocycles. The van der Waals surface area contributed by atoms with Crippen LogP contribution in [0.25, 0.3) is 0 Å². The van der Waals surface area contributed by atoms with Crippen LogP contribution < -0.4 is 20.1 Å². The molecule has 2 rings (SSSR count). The van der Waals surface area contributed by atoms with E-state index in [2.05, 4.69) is 10.6 Å². The molecule has 1 aliphatic rings. The van der Waals surface area contributed by atoms with Crippen LogP contribution in [0.4, 0.5) is 0 Å². The predicted octanol–water partition coefficient (Wildman–Crippen LogP) is 1.88. The maximum absolute atomic E-state index is 11.5. The summed E-state index contributed by atoms with van der Waals surface area (Å²) in [6.45, 7) is 5.86. The highest BCUT2D eigenvalue weighted by Crippen LogP contribution is 2.34. The summed E-state index contributed by atoms with van der Waals surface area (Å²) in [5.41, 5.74) is 1.12. The molecule has 1 aliphatic heterocycles. The summed E-state index contributed by atoms with van der Waals surface area (Å²) in [4.78, 5) is 11.5. The van der Waals surface area contributed by atoms with Gasteiger partial charge in [0, 0.05) is 37.0 Å². The molecule has 1 amide bonds. The maximum Gasteiger partial charge on any atom is 0.222 e. The summed E-state index contributed by atoms with van der Waals surface area (Å²) >= 11 is 0. The number of hydrogen-bond donors (Lipinski definition) is 2. The minimum absolute atomic E-state index is 0.0260. The molecular formula is C16H24N2O3. The van der Waals surface area contributed by atoms with Gasteiger partial charge < -0.3 is 20.1 Å². The van der Waals surface area contributed by atoms with E-state index in [1.807, 2.05) is 32.0 Å². The second-order valence-corrected chi connectivity index (χ2v) is 5.49. The van der Waals surface area contributed by atoms with Crippen LogP contribution in [0.5, 0.6) is 11.5 Å². The number of fused-ring (bicyclic) bond motifs is 1. The Kier molecular flexibility index (Phi) is 5.44. The predicted molar refractivity (Wildman–Crippen MR) is 81.7 cm³/mol. The van der Waals surface area contributed by atoms with Gasteiger partial charge in [0.2, 0.25) is 5.91 Å². The van der Waals surface area contributed by atoms with E-state index in [0.717, 1.165) is 30.0 Å².